The van der Waals surface area contributed by atoms with Crippen molar-refractivity contribution in [3.05, 3.63) is 65.9 Å². The van der Waals surface area contributed by atoms with E-state index in [1.165, 1.54) is 0 Å². The van der Waals surface area contributed by atoms with Gasteiger partial charge in [-0.1, -0.05) is 32.0 Å². The Hall–Kier alpha value is -3.08. The molecule has 2 N–H and O–H groups in total. The van der Waals surface area contributed by atoms with Crippen LogP contribution in [-0.4, -0.2) is 27.7 Å². The van der Waals surface area contributed by atoms with Gasteiger partial charge in [-0.15, -0.1) is 0 Å². The third kappa shape index (κ3) is 3.33. The molecule has 5 nitrogen and oxygen atoms in total. The van der Waals surface area contributed by atoms with Crippen LogP contribution < -0.4 is 5.32 Å². The maximum atomic E-state index is 13.1. The molecule has 1 aliphatic heterocycles. The van der Waals surface area contributed by atoms with Crippen LogP contribution in [0.25, 0.3) is 10.9 Å². The lowest BCUT2D eigenvalue weighted by molar-refractivity contribution is -0.121. The van der Waals surface area contributed by atoms with E-state index in [4.69, 9.17) is 0 Å². The summed E-state index contributed by atoms with van der Waals surface area (Å²) in [7, 11) is 0. The third-order valence-corrected chi connectivity index (χ3v) is 5.04. The molecule has 1 aromatic heterocycles. The van der Waals surface area contributed by atoms with Crippen LogP contribution in [0.4, 0.5) is 5.69 Å². The number of fused-ring (bicyclic) bond motifs is 2. The summed E-state index contributed by atoms with van der Waals surface area (Å²) >= 11 is 0. The summed E-state index contributed by atoms with van der Waals surface area (Å²) in [4.78, 5) is 30.8. The van der Waals surface area contributed by atoms with Crippen LogP contribution in [0.1, 0.15) is 36.2 Å². The van der Waals surface area contributed by atoms with Gasteiger partial charge in [-0.2, -0.15) is 0 Å². The highest BCUT2D eigenvalue weighted by Crippen LogP contribution is 2.28. The van der Waals surface area contributed by atoms with Gasteiger partial charge in [0.15, 0.2) is 0 Å². The van der Waals surface area contributed by atoms with Gasteiger partial charge in [-0.05, 0) is 48.2 Å². The maximum Gasteiger partial charge on any atom is 0.255 e. The van der Waals surface area contributed by atoms with Crippen LogP contribution in [0.2, 0.25) is 0 Å². The Kier molecular flexibility index (Phi) is 4.44. The number of H-pyrrole nitrogens is 1. The Bertz CT molecular complexity index is 1010. The number of nitrogens with one attached hydrogen (secondary N) is 2. The Labute approximate surface area is 158 Å². The quantitative estimate of drug-likeness (QED) is 0.716. The van der Waals surface area contributed by atoms with E-state index in [9.17, 15) is 9.59 Å². The molecule has 0 saturated heterocycles. The third-order valence-electron chi connectivity index (χ3n) is 5.04. The highest BCUT2D eigenvalue weighted by molar-refractivity contribution is 6.04. The topological polar surface area (TPSA) is 65.2 Å². The number of benzene rings is 2. The predicted octanol–water partition coefficient (Wildman–Crippen LogP) is 4.18. The molecule has 0 aliphatic carbocycles. The monoisotopic (exact) mass is 361 g/mol. The summed E-state index contributed by atoms with van der Waals surface area (Å²) in [5.74, 6) is 0.0941. The van der Waals surface area contributed by atoms with Gasteiger partial charge in [0.2, 0.25) is 5.91 Å². The molecule has 1 atom stereocenters. The second kappa shape index (κ2) is 6.91. The lowest BCUT2D eigenvalue weighted by Crippen LogP contribution is -2.45. The molecular weight excluding hydrogens is 338 g/mol. The number of rotatable bonds is 5. The van der Waals surface area contributed by atoms with Crippen molar-refractivity contribution in [3.8, 4) is 0 Å². The lowest BCUT2D eigenvalue weighted by Gasteiger charge is -2.28. The highest BCUT2D eigenvalue weighted by Gasteiger charge is 2.36. The van der Waals surface area contributed by atoms with E-state index in [1.807, 2.05) is 54.7 Å². The molecule has 27 heavy (non-hydrogen) atoms. The number of aromatic amines is 1. The van der Waals surface area contributed by atoms with E-state index in [0.717, 1.165) is 22.2 Å². The van der Waals surface area contributed by atoms with Crippen LogP contribution in [0.3, 0.4) is 0 Å². The molecule has 1 aliphatic rings. The van der Waals surface area contributed by atoms with Gasteiger partial charge in [-0.25, -0.2) is 0 Å². The largest absolute Gasteiger partial charge is 0.361 e. The number of hydrogen-bond acceptors (Lipinski definition) is 2. The fourth-order valence-corrected chi connectivity index (χ4v) is 3.71. The molecule has 0 fully saturated rings. The lowest BCUT2D eigenvalue weighted by atomic mass is 10.0. The van der Waals surface area contributed by atoms with Crippen molar-refractivity contribution in [3.63, 3.8) is 0 Å². The van der Waals surface area contributed by atoms with E-state index in [-0.39, 0.29) is 11.8 Å². The zero-order valence-corrected chi connectivity index (χ0v) is 15.5. The normalized spacial score (nSPS) is 14.6. The molecule has 138 valence electrons. The molecule has 0 bridgehead atoms. The summed E-state index contributed by atoms with van der Waals surface area (Å²) in [6.45, 7) is 4.62. The average molecular weight is 361 g/mol. The summed E-state index contributed by atoms with van der Waals surface area (Å²) in [6, 6.07) is 14.8. The zero-order chi connectivity index (χ0) is 19.0. The number of carbonyl (C=O) groups excluding carboxylic acids is 2. The van der Waals surface area contributed by atoms with Gasteiger partial charge in [0.05, 0.1) is 0 Å². The second-order valence-electron chi connectivity index (χ2n) is 7.50. The first kappa shape index (κ1) is 17.3. The molecular formula is C22H23N3O2. The second-order valence-corrected chi connectivity index (χ2v) is 7.50. The highest BCUT2D eigenvalue weighted by atomic mass is 16.2. The van der Waals surface area contributed by atoms with Gasteiger partial charge in [0.1, 0.15) is 6.04 Å². The molecule has 0 unspecified atom stereocenters. The fourth-order valence-electron chi connectivity index (χ4n) is 3.71. The molecule has 2 amide bonds. The number of aromatic nitrogens is 1. The molecule has 2 heterocycles. The summed E-state index contributed by atoms with van der Waals surface area (Å²) in [6.07, 6.45) is 2.50. The van der Waals surface area contributed by atoms with Crippen LogP contribution in [-0.2, 0) is 11.3 Å². The van der Waals surface area contributed by atoms with E-state index < -0.39 is 6.04 Å². The SMILES string of the molecule is CC(C)C[C@@H](C(=O)Nc1ccc2[nH]ccc2c1)N1Cc2ccccc2C1=O. The van der Waals surface area contributed by atoms with Crippen molar-refractivity contribution in [1.82, 2.24) is 9.88 Å². The molecule has 3 aromatic rings. The van der Waals surface area contributed by atoms with Crippen molar-refractivity contribution in [1.29, 1.82) is 0 Å². The Morgan fingerprint density at radius 1 is 1.19 bits per heavy atom. The van der Waals surface area contributed by atoms with Crippen molar-refractivity contribution < 1.29 is 9.59 Å². The van der Waals surface area contributed by atoms with Crippen LogP contribution >= 0.6 is 0 Å². The van der Waals surface area contributed by atoms with Gasteiger partial charge < -0.3 is 15.2 Å². The first-order valence-corrected chi connectivity index (χ1v) is 9.30. The first-order chi connectivity index (χ1) is 13.0. The molecule has 4 rings (SSSR count). The summed E-state index contributed by atoms with van der Waals surface area (Å²) in [5, 5.41) is 4.05. The molecule has 0 radical (unpaired) electrons. The predicted molar refractivity (Wildman–Crippen MR) is 106 cm³/mol. The summed E-state index contributed by atoms with van der Waals surface area (Å²) in [5.41, 5.74) is 3.45. The first-order valence-electron chi connectivity index (χ1n) is 9.30. The molecule has 0 spiro atoms. The van der Waals surface area contributed by atoms with Crippen molar-refractivity contribution >= 4 is 28.4 Å². The van der Waals surface area contributed by atoms with E-state index in [1.54, 1.807) is 4.90 Å². The molecule has 0 saturated carbocycles. The average Bonchev–Trinajstić information content (AvgIpc) is 3.24. The summed E-state index contributed by atoms with van der Waals surface area (Å²) < 4.78 is 0. The Morgan fingerprint density at radius 3 is 2.78 bits per heavy atom. The smallest absolute Gasteiger partial charge is 0.255 e. The van der Waals surface area contributed by atoms with Crippen LogP contribution in [0.5, 0.6) is 0 Å². The van der Waals surface area contributed by atoms with E-state index in [0.29, 0.717) is 24.4 Å². The zero-order valence-electron chi connectivity index (χ0n) is 15.5. The van der Waals surface area contributed by atoms with E-state index in [2.05, 4.69) is 24.1 Å². The van der Waals surface area contributed by atoms with Gasteiger partial charge in [0, 0.05) is 34.9 Å². The van der Waals surface area contributed by atoms with Gasteiger partial charge >= 0.3 is 0 Å². The standard InChI is InChI=1S/C22H23N3O2/c1-14(2)11-20(25-13-16-5-3-4-6-18(16)22(25)27)21(26)24-17-7-8-19-15(12-17)9-10-23-19/h3-10,12,14,20,23H,11,13H2,1-2H3,(H,24,26)/t20-/m0/s1. The Balaban J connectivity index is 1.58. The number of carbonyl (C=O) groups is 2. The van der Waals surface area contributed by atoms with Crippen molar-refractivity contribution in [2.75, 3.05) is 5.32 Å². The van der Waals surface area contributed by atoms with E-state index >= 15 is 0 Å². The van der Waals surface area contributed by atoms with Crippen LogP contribution in [0.15, 0.2) is 54.7 Å². The van der Waals surface area contributed by atoms with Gasteiger partial charge in [-0.3, -0.25) is 9.59 Å². The molecule has 5 heteroatoms. The number of hydrogen-bond donors (Lipinski definition) is 2. The number of nitrogens with zero attached hydrogens (tertiary/aromatic N) is 1. The molecule has 2 aromatic carbocycles. The maximum absolute atomic E-state index is 13.1. The fraction of sp³-hybridized carbons (Fsp3) is 0.273. The number of amides is 2. The van der Waals surface area contributed by atoms with Crippen LogP contribution in [0, 0.1) is 5.92 Å². The Morgan fingerprint density at radius 2 is 2.00 bits per heavy atom. The minimum atomic E-state index is -0.494. The minimum absolute atomic E-state index is 0.0625. The van der Waals surface area contributed by atoms with Gasteiger partial charge in [0.25, 0.3) is 5.91 Å². The van der Waals surface area contributed by atoms with Crippen molar-refractivity contribution in [2.45, 2.75) is 32.9 Å². The minimum Gasteiger partial charge on any atom is -0.361 e. The number of anilines is 1. The van der Waals surface area contributed by atoms with Crippen molar-refractivity contribution in [2.24, 2.45) is 5.92 Å².